The van der Waals surface area contributed by atoms with E-state index in [9.17, 15) is 14.4 Å². The standard InChI is InChI=1S/C20H18N4O4S/c1-11-6-7-15(28-11)17-22-14(10-29-17)9-16(25)21-13-5-3-4-12(8-13)20(2)18(26)23-19(27)24-20/h3-8,10H,9H2,1-2H3,(H,21,25)(H2,23,24,26,27). The third-order valence-electron chi connectivity index (χ3n) is 4.61. The van der Waals surface area contributed by atoms with E-state index in [1.807, 2.05) is 24.4 Å². The average Bonchev–Trinajstić information content (AvgIpc) is 3.36. The summed E-state index contributed by atoms with van der Waals surface area (Å²) in [4.78, 5) is 40.5. The minimum absolute atomic E-state index is 0.106. The second-order valence-corrected chi connectivity index (χ2v) is 7.75. The van der Waals surface area contributed by atoms with Crippen molar-refractivity contribution in [2.75, 3.05) is 5.32 Å². The van der Waals surface area contributed by atoms with Gasteiger partial charge in [-0.1, -0.05) is 12.1 Å². The molecule has 3 heterocycles. The fourth-order valence-electron chi connectivity index (χ4n) is 3.07. The first-order valence-electron chi connectivity index (χ1n) is 8.89. The zero-order valence-electron chi connectivity index (χ0n) is 15.7. The summed E-state index contributed by atoms with van der Waals surface area (Å²) in [5.41, 5.74) is 0.563. The van der Waals surface area contributed by atoms with Gasteiger partial charge < -0.3 is 15.1 Å². The molecule has 148 valence electrons. The maximum Gasteiger partial charge on any atom is 0.322 e. The molecule has 4 amide bonds. The Bertz CT molecular complexity index is 1120. The number of furan rings is 1. The molecule has 1 atom stereocenters. The van der Waals surface area contributed by atoms with Crippen molar-refractivity contribution in [1.29, 1.82) is 0 Å². The van der Waals surface area contributed by atoms with Crippen LogP contribution in [0.4, 0.5) is 10.5 Å². The van der Waals surface area contributed by atoms with Crippen molar-refractivity contribution in [3.05, 3.63) is 58.8 Å². The molecule has 0 saturated carbocycles. The van der Waals surface area contributed by atoms with Gasteiger partial charge in [0.1, 0.15) is 11.3 Å². The first kappa shape index (κ1) is 18.9. The van der Waals surface area contributed by atoms with E-state index in [1.165, 1.54) is 11.3 Å². The molecule has 0 aliphatic carbocycles. The number of carbonyl (C=O) groups excluding carboxylic acids is 3. The van der Waals surface area contributed by atoms with Crippen molar-refractivity contribution >= 4 is 34.9 Å². The summed E-state index contributed by atoms with van der Waals surface area (Å²) in [6.07, 6.45) is 0.106. The number of benzene rings is 1. The monoisotopic (exact) mass is 410 g/mol. The maximum absolute atomic E-state index is 12.4. The number of hydrogen-bond acceptors (Lipinski definition) is 6. The van der Waals surface area contributed by atoms with E-state index in [4.69, 9.17) is 4.42 Å². The Balaban J connectivity index is 1.45. The lowest BCUT2D eigenvalue weighted by atomic mass is 9.92. The predicted octanol–water partition coefficient (Wildman–Crippen LogP) is 2.95. The summed E-state index contributed by atoms with van der Waals surface area (Å²) in [7, 11) is 0. The lowest BCUT2D eigenvalue weighted by molar-refractivity contribution is -0.123. The van der Waals surface area contributed by atoms with Gasteiger partial charge in [-0.3, -0.25) is 14.9 Å². The Morgan fingerprint density at radius 2 is 2.10 bits per heavy atom. The van der Waals surface area contributed by atoms with Gasteiger partial charge >= 0.3 is 6.03 Å². The van der Waals surface area contributed by atoms with Gasteiger partial charge in [0.15, 0.2) is 10.8 Å². The van der Waals surface area contributed by atoms with Crippen molar-refractivity contribution in [1.82, 2.24) is 15.6 Å². The van der Waals surface area contributed by atoms with Crippen LogP contribution in [0.1, 0.15) is 23.9 Å². The fraction of sp³-hybridized carbons (Fsp3) is 0.200. The minimum Gasteiger partial charge on any atom is -0.459 e. The Morgan fingerprint density at radius 3 is 2.79 bits per heavy atom. The Morgan fingerprint density at radius 1 is 1.28 bits per heavy atom. The number of nitrogens with zero attached hydrogens (tertiary/aromatic N) is 1. The van der Waals surface area contributed by atoms with Crippen molar-refractivity contribution in [2.24, 2.45) is 0 Å². The number of amides is 4. The number of rotatable bonds is 5. The lowest BCUT2D eigenvalue weighted by Gasteiger charge is -2.21. The van der Waals surface area contributed by atoms with E-state index >= 15 is 0 Å². The highest BCUT2D eigenvalue weighted by molar-refractivity contribution is 7.13. The van der Waals surface area contributed by atoms with Crippen LogP contribution in [-0.2, 0) is 21.5 Å². The molecule has 4 rings (SSSR count). The Hall–Kier alpha value is -3.46. The molecule has 1 aliphatic rings. The van der Waals surface area contributed by atoms with E-state index in [0.717, 1.165) is 10.8 Å². The third kappa shape index (κ3) is 3.77. The summed E-state index contributed by atoms with van der Waals surface area (Å²) in [5, 5.41) is 10.2. The van der Waals surface area contributed by atoms with Gasteiger partial charge in [0.2, 0.25) is 5.91 Å². The number of carbonyl (C=O) groups is 3. The largest absolute Gasteiger partial charge is 0.459 e. The van der Waals surface area contributed by atoms with E-state index < -0.39 is 17.5 Å². The molecular formula is C20H18N4O4S. The van der Waals surface area contributed by atoms with Crippen molar-refractivity contribution in [3.8, 4) is 10.8 Å². The van der Waals surface area contributed by atoms with E-state index in [1.54, 1.807) is 31.2 Å². The summed E-state index contributed by atoms with van der Waals surface area (Å²) >= 11 is 1.41. The maximum atomic E-state index is 12.4. The summed E-state index contributed by atoms with van der Waals surface area (Å²) in [6, 6.07) is 10.00. The number of aromatic nitrogens is 1. The molecule has 2 aromatic heterocycles. The van der Waals surface area contributed by atoms with Crippen LogP contribution in [0.15, 0.2) is 46.2 Å². The van der Waals surface area contributed by atoms with Crippen LogP contribution >= 0.6 is 11.3 Å². The van der Waals surface area contributed by atoms with E-state index in [-0.39, 0.29) is 12.3 Å². The topological polar surface area (TPSA) is 113 Å². The predicted molar refractivity (Wildman–Crippen MR) is 107 cm³/mol. The number of urea groups is 1. The lowest BCUT2D eigenvalue weighted by Crippen LogP contribution is -2.40. The van der Waals surface area contributed by atoms with Gasteiger partial charge in [-0.15, -0.1) is 11.3 Å². The quantitative estimate of drug-likeness (QED) is 0.560. The second kappa shape index (κ2) is 7.17. The highest BCUT2D eigenvalue weighted by Crippen LogP contribution is 2.27. The molecule has 0 radical (unpaired) electrons. The number of imide groups is 1. The smallest absolute Gasteiger partial charge is 0.322 e. The first-order valence-corrected chi connectivity index (χ1v) is 9.77. The van der Waals surface area contributed by atoms with Crippen molar-refractivity contribution < 1.29 is 18.8 Å². The molecule has 3 N–H and O–H groups in total. The average molecular weight is 410 g/mol. The third-order valence-corrected chi connectivity index (χ3v) is 5.52. The van der Waals surface area contributed by atoms with Crippen LogP contribution in [0.2, 0.25) is 0 Å². The summed E-state index contributed by atoms with van der Waals surface area (Å²) < 4.78 is 5.56. The van der Waals surface area contributed by atoms with Crippen LogP contribution in [0.5, 0.6) is 0 Å². The molecule has 9 heteroatoms. The summed E-state index contributed by atoms with van der Waals surface area (Å²) in [5.74, 6) is 0.807. The zero-order valence-corrected chi connectivity index (χ0v) is 16.6. The molecule has 1 fully saturated rings. The number of anilines is 1. The highest BCUT2D eigenvalue weighted by Gasteiger charge is 2.43. The van der Waals surface area contributed by atoms with Gasteiger partial charge in [0.05, 0.1) is 12.1 Å². The molecule has 1 aliphatic heterocycles. The molecule has 1 saturated heterocycles. The zero-order chi connectivity index (χ0) is 20.6. The molecule has 0 spiro atoms. The van der Waals surface area contributed by atoms with Crippen LogP contribution in [0, 0.1) is 6.92 Å². The van der Waals surface area contributed by atoms with Crippen molar-refractivity contribution in [3.63, 3.8) is 0 Å². The molecular weight excluding hydrogens is 392 g/mol. The molecule has 29 heavy (non-hydrogen) atoms. The molecule has 3 aromatic rings. The molecule has 0 bridgehead atoms. The van der Waals surface area contributed by atoms with Crippen molar-refractivity contribution in [2.45, 2.75) is 25.8 Å². The number of aryl methyl sites for hydroxylation is 1. The van der Waals surface area contributed by atoms with Gasteiger partial charge in [-0.05, 0) is 43.7 Å². The van der Waals surface area contributed by atoms with Crippen LogP contribution in [0.3, 0.4) is 0 Å². The van der Waals surface area contributed by atoms with Crippen LogP contribution in [0.25, 0.3) is 10.8 Å². The highest BCUT2D eigenvalue weighted by atomic mass is 32.1. The van der Waals surface area contributed by atoms with Crippen LogP contribution < -0.4 is 16.0 Å². The Labute approximate surface area is 170 Å². The van der Waals surface area contributed by atoms with Gasteiger partial charge in [-0.2, -0.15) is 0 Å². The fourth-order valence-corrected chi connectivity index (χ4v) is 3.85. The molecule has 1 aromatic carbocycles. The Kier molecular flexibility index (Phi) is 4.67. The number of hydrogen-bond donors (Lipinski definition) is 3. The number of nitrogens with one attached hydrogen (secondary N) is 3. The van der Waals surface area contributed by atoms with Gasteiger partial charge in [0.25, 0.3) is 5.91 Å². The first-order chi connectivity index (χ1) is 13.8. The van der Waals surface area contributed by atoms with E-state index in [2.05, 4.69) is 20.9 Å². The molecule has 1 unspecified atom stereocenters. The normalized spacial score (nSPS) is 18.4. The second-order valence-electron chi connectivity index (χ2n) is 6.89. The van der Waals surface area contributed by atoms with Gasteiger partial charge in [-0.25, -0.2) is 9.78 Å². The summed E-state index contributed by atoms with van der Waals surface area (Å²) in [6.45, 7) is 3.47. The number of thiazole rings is 1. The van der Waals surface area contributed by atoms with E-state index in [0.29, 0.717) is 22.7 Å². The van der Waals surface area contributed by atoms with Gasteiger partial charge in [0, 0.05) is 11.1 Å². The molecule has 8 nitrogen and oxygen atoms in total. The van der Waals surface area contributed by atoms with Crippen LogP contribution in [-0.4, -0.2) is 22.8 Å². The minimum atomic E-state index is -1.18. The SMILES string of the molecule is Cc1ccc(-c2nc(CC(=O)Nc3cccc(C4(C)NC(=O)NC4=O)c3)cs2)o1.